The van der Waals surface area contributed by atoms with Crippen LogP contribution in [-0.2, 0) is 4.74 Å². The lowest BCUT2D eigenvalue weighted by atomic mass is 10.2. The number of ether oxygens (including phenoxy) is 1. The largest absolute Gasteiger partial charge is 0.455 e. The normalized spacial score (nSPS) is 14.8. The van der Waals surface area contributed by atoms with Crippen LogP contribution < -0.4 is 4.90 Å². The molecule has 1 saturated heterocycles. The number of aliphatic imine (C=N–C) groups is 1. The Balaban J connectivity index is 1.46. The van der Waals surface area contributed by atoms with E-state index < -0.39 is 0 Å². The molecular formula is C21H18Br2N2O2. The fourth-order valence-corrected chi connectivity index (χ4v) is 4.21. The molecule has 0 amide bonds. The van der Waals surface area contributed by atoms with Gasteiger partial charge in [0.05, 0.1) is 25.1 Å². The maximum atomic E-state index is 5.91. The average Bonchev–Trinajstić information content (AvgIpc) is 3.16. The van der Waals surface area contributed by atoms with Crippen LogP contribution in [0.15, 0.2) is 73.0 Å². The molecule has 0 saturated carbocycles. The first-order valence-electron chi connectivity index (χ1n) is 8.71. The summed E-state index contributed by atoms with van der Waals surface area (Å²) in [4.78, 5) is 6.85. The van der Waals surface area contributed by atoms with Gasteiger partial charge in [0.2, 0.25) is 0 Å². The van der Waals surface area contributed by atoms with Gasteiger partial charge in [-0.1, -0.05) is 15.9 Å². The molecule has 6 heteroatoms. The molecule has 0 atom stereocenters. The second-order valence-electron chi connectivity index (χ2n) is 6.20. The summed E-state index contributed by atoms with van der Waals surface area (Å²) in [5.74, 6) is 1.52. The molecule has 2 aromatic carbocycles. The van der Waals surface area contributed by atoms with E-state index in [1.807, 2.05) is 42.5 Å². The van der Waals surface area contributed by atoms with Crippen molar-refractivity contribution in [2.45, 2.75) is 0 Å². The Morgan fingerprint density at radius 3 is 2.44 bits per heavy atom. The molecule has 4 rings (SSSR count). The van der Waals surface area contributed by atoms with Gasteiger partial charge in [0.25, 0.3) is 0 Å². The van der Waals surface area contributed by atoms with Crippen LogP contribution in [0.4, 0.5) is 11.4 Å². The van der Waals surface area contributed by atoms with Crippen LogP contribution in [0.25, 0.3) is 11.3 Å². The summed E-state index contributed by atoms with van der Waals surface area (Å²) in [6.45, 7) is 3.44. The standard InChI is InChI=1S/C21H18Br2N2O2/c22-15-1-7-19(20(23)13-15)21-8-6-18(27-21)14-24-16-2-4-17(5-3-16)25-9-11-26-12-10-25/h1-8,13-14H,9-12H2. The summed E-state index contributed by atoms with van der Waals surface area (Å²) in [5.41, 5.74) is 3.11. The molecule has 0 spiro atoms. The molecule has 4 nitrogen and oxygen atoms in total. The number of hydrogen-bond acceptors (Lipinski definition) is 4. The highest BCUT2D eigenvalue weighted by Crippen LogP contribution is 2.31. The third kappa shape index (κ3) is 4.51. The predicted molar refractivity (Wildman–Crippen MR) is 116 cm³/mol. The van der Waals surface area contributed by atoms with Gasteiger partial charge >= 0.3 is 0 Å². The predicted octanol–water partition coefficient (Wildman–Crippen LogP) is 6.06. The molecule has 0 aliphatic carbocycles. The van der Waals surface area contributed by atoms with E-state index in [4.69, 9.17) is 9.15 Å². The Kier molecular flexibility index (Phi) is 5.76. The van der Waals surface area contributed by atoms with Crippen molar-refractivity contribution in [3.63, 3.8) is 0 Å². The van der Waals surface area contributed by atoms with Gasteiger partial charge in [0, 0.05) is 33.3 Å². The van der Waals surface area contributed by atoms with Gasteiger partial charge in [-0.25, -0.2) is 0 Å². The Bertz CT molecular complexity index is 945. The molecule has 1 aliphatic rings. The Morgan fingerprint density at radius 1 is 0.926 bits per heavy atom. The second kappa shape index (κ2) is 8.42. The van der Waals surface area contributed by atoms with E-state index in [1.54, 1.807) is 6.21 Å². The number of morpholine rings is 1. The minimum atomic E-state index is 0.720. The summed E-state index contributed by atoms with van der Waals surface area (Å²) in [7, 11) is 0. The van der Waals surface area contributed by atoms with Crippen molar-refractivity contribution >= 4 is 49.4 Å². The van der Waals surface area contributed by atoms with E-state index in [1.165, 1.54) is 5.69 Å². The summed E-state index contributed by atoms with van der Waals surface area (Å²) < 4.78 is 13.3. The molecule has 0 N–H and O–H groups in total. The number of rotatable bonds is 4. The Labute approximate surface area is 175 Å². The number of hydrogen-bond donors (Lipinski definition) is 0. The number of nitrogens with zero attached hydrogens (tertiary/aromatic N) is 2. The van der Waals surface area contributed by atoms with E-state index in [0.717, 1.165) is 58.0 Å². The first-order valence-corrected chi connectivity index (χ1v) is 10.3. The molecule has 0 unspecified atom stereocenters. The molecule has 1 aromatic heterocycles. The summed E-state index contributed by atoms with van der Waals surface area (Å²) in [6.07, 6.45) is 1.75. The lowest BCUT2D eigenvalue weighted by Gasteiger charge is -2.28. The molecular weight excluding hydrogens is 472 g/mol. The van der Waals surface area contributed by atoms with Crippen molar-refractivity contribution in [3.8, 4) is 11.3 Å². The van der Waals surface area contributed by atoms with Crippen LogP contribution >= 0.6 is 31.9 Å². The highest BCUT2D eigenvalue weighted by atomic mass is 79.9. The Morgan fingerprint density at radius 2 is 1.70 bits per heavy atom. The maximum absolute atomic E-state index is 5.91. The average molecular weight is 490 g/mol. The maximum Gasteiger partial charge on any atom is 0.145 e. The van der Waals surface area contributed by atoms with Crippen molar-refractivity contribution in [2.75, 3.05) is 31.2 Å². The smallest absolute Gasteiger partial charge is 0.145 e. The number of halogens is 2. The molecule has 1 fully saturated rings. The zero-order valence-corrected chi connectivity index (χ0v) is 17.7. The van der Waals surface area contributed by atoms with Gasteiger partial charge in [-0.3, -0.25) is 4.99 Å². The molecule has 138 valence electrons. The quantitative estimate of drug-likeness (QED) is 0.418. The van der Waals surface area contributed by atoms with Crippen LogP contribution in [0.2, 0.25) is 0 Å². The summed E-state index contributed by atoms with van der Waals surface area (Å²) in [6, 6.07) is 18.1. The topological polar surface area (TPSA) is 38.0 Å². The molecule has 1 aliphatic heterocycles. The van der Waals surface area contributed by atoms with Gasteiger partial charge in [0.1, 0.15) is 11.5 Å². The van der Waals surface area contributed by atoms with Crippen LogP contribution in [0.5, 0.6) is 0 Å². The molecule has 2 heterocycles. The third-order valence-electron chi connectivity index (χ3n) is 4.39. The monoisotopic (exact) mass is 488 g/mol. The van der Waals surface area contributed by atoms with E-state index in [9.17, 15) is 0 Å². The zero-order valence-electron chi connectivity index (χ0n) is 14.6. The second-order valence-corrected chi connectivity index (χ2v) is 7.97. The van der Waals surface area contributed by atoms with Crippen LogP contribution in [0.3, 0.4) is 0 Å². The molecule has 27 heavy (non-hydrogen) atoms. The number of anilines is 1. The SMILES string of the molecule is Brc1ccc(-c2ccc(C=Nc3ccc(N4CCOCC4)cc3)o2)c(Br)c1. The highest BCUT2D eigenvalue weighted by molar-refractivity contribution is 9.11. The lowest BCUT2D eigenvalue weighted by molar-refractivity contribution is 0.122. The van der Waals surface area contributed by atoms with Gasteiger partial charge in [-0.2, -0.15) is 0 Å². The lowest BCUT2D eigenvalue weighted by Crippen LogP contribution is -2.36. The van der Waals surface area contributed by atoms with Crippen molar-refractivity contribution < 1.29 is 9.15 Å². The summed E-state index contributed by atoms with van der Waals surface area (Å²) in [5, 5.41) is 0. The molecule has 3 aromatic rings. The summed E-state index contributed by atoms with van der Waals surface area (Å²) >= 11 is 7.04. The minimum absolute atomic E-state index is 0.720. The highest BCUT2D eigenvalue weighted by Gasteiger charge is 2.11. The van der Waals surface area contributed by atoms with Gasteiger partial charge in [0.15, 0.2) is 0 Å². The fraction of sp³-hybridized carbons (Fsp3) is 0.190. The van der Waals surface area contributed by atoms with Gasteiger partial charge < -0.3 is 14.1 Å². The first-order chi connectivity index (χ1) is 13.2. The van der Waals surface area contributed by atoms with Crippen molar-refractivity contribution in [3.05, 3.63) is 69.3 Å². The minimum Gasteiger partial charge on any atom is -0.455 e. The number of benzene rings is 2. The van der Waals surface area contributed by atoms with E-state index >= 15 is 0 Å². The Hall–Kier alpha value is -1.89. The van der Waals surface area contributed by atoms with Crippen molar-refractivity contribution in [1.29, 1.82) is 0 Å². The van der Waals surface area contributed by atoms with Gasteiger partial charge in [-0.15, -0.1) is 0 Å². The molecule has 0 bridgehead atoms. The third-order valence-corrected chi connectivity index (χ3v) is 5.54. The van der Waals surface area contributed by atoms with Crippen LogP contribution in [0, 0.1) is 0 Å². The fourth-order valence-electron chi connectivity index (χ4n) is 2.97. The zero-order chi connectivity index (χ0) is 18.6. The van der Waals surface area contributed by atoms with Crippen LogP contribution in [0.1, 0.15) is 5.76 Å². The van der Waals surface area contributed by atoms with Crippen LogP contribution in [-0.4, -0.2) is 32.5 Å². The van der Waals surface area contributed by atoms with Crippen molar-refractivity contribution in [2.24, 2.45) is 4.99 Å². The first kappa shape index (κ1) is 18.5. The van der Waals surface area contributed by atoms with E-state index in [-0.39, 0.29) is 0 Å². The number of furan rings is 1. The van der Waals surface area contributed by atoms with E-state index in [0.29, 0.717) is 0 Å². The van der Waals surface area contributed by atoms with Crippen molar-refractivity contribution in [1.82, 2.24) is 0 Å². The van der Waals surface area contributed by atoms with E-state index in [2.05, 4.69) is 53.9 Å². The molecule has 0 radical (unpaired) electrons. The van der Waals surface area contributed by atoms with Gasteiger partial charge in [-0.05, 0) is 70.5 Å².